The Kier molecular flexibility index (Phi) is 4.15. The minimum atomic E-state index is -3.55. The number of fused-ring (bicyclic) bond motifs is 1. The first-order valence-electron chi connectivity index (χ1n) is 3.81. The van der Waals surface area contributed by atoms with E-state index in [2.05, 4.69) is 0 Å². The van der Waals surface area contributed by atoms with E-state index in [0.717, 1.165) is 0 Å². The van der Waals surface area contributed by atoms with Crippen molar-refractivity contribution in [3.63, 3.8) is 0 Å². The molecule has 0 bridgehead atoms. The van der Waals surface area contributed by atoms with Crippen LogP contribution in [-0.4, -0.2) is 22.5 Å². The lowest BCUT2D eigenvalue weighted by atomic mass is 10.2. The largest absolute Gasteiger partial charge is 0.268 e. The number of nitrogens with one attached hydrogen (secondary N) is 1. The van der Waals surface area contributed by atoms with Gasteiger partial charge in [0.05, 0.1) is 5.56 Å². The molecule has 1 aliphatic heterocycles. The highest BCUT2D eigenvalue weighted by Gasteiger charge is 2.31. The number of amides is 1. The molecule has 1 aromatic rings. The van der Waals surface area contributed by atoms with Gasteiger partial charge in [0.15, 0.2) is 0 Å². The van der Waals surface area contributed by atoms with Crippen molar-refractivity contribution in [2.24, 2.45) is 0 Å². The topological polar surface area (TPSA) is 63.2 Å². The molecule has 2 rings (SSSR count). The van der Waals surface area contributed by atoms with Gasteiger partial charge in [0, 0.05) is 0 Å². The van der Waals surface area contributed by atoms with Gasteiger partial charge in [-0.05, 0) is 12.1 Å². The predicted molar refractivity (Wildman–Crippen MR) is 61.3 cm³/mol. The Morgan fingerprint density at radius 2 is 1.73 bits per heavy atom. The molecule has 0 saturated heterocycles. The number of hydrogen-bond donors (Lipinski definition) is 1. The fraction of sp³-hybridized carbons (Fsp3) is 0. The molecule has 0 radical (unpaired) electrons. The zero-order chi connectivity index (χ0) is 11.5. The Hall–Kier alpha value is -0.563. The van der Waals surface area contributed by atoms with Crippen LogP contribution in [0.15, 0.2) is 29.2 Å². The van der Waals surface area contributed by atoms with Gasteiger partial charge in [-0.25, -0.2) is 13.1 Å². The second-order valence-electron chi connectivity index (χ2n) is 2.53. The summed E-state index contributed by atoms with van der Waals surface area (Å²) in [4.78, 5) is 11.1. The highest BCUT2D eigenvalue weighted by atomic mass is 35.7. The van der Waals surface area contributed by atoms with Gasteiger partial charge in [-0.1, -0.05) is 12.1 Å². The summed E-state index contributed by atoms with van der Waals surface area (Å²) in [5.74, 6) is -0.550. The number of rotatable bonds is 0. The minimum Gasteiger partial charge on any atom is -0.268 e. The van der Waals surface area contributed by atoms with Gasteiger partial charge in [0.2, 0.25) is 8.14 Å². The van der Waals surface area contributed by atoms with E-state index in [1.807, 2.05) is 4.72 Å². The molecule has 0 aliphatic carbocycles. The van der Waals surface area contributed by atoms with Crippen LogP contribution in [0.25, 0.3) is 0 Å². The Balaban J connectivity index is 0.000000337. The predicted octanol–water partition coefficient (Wildman–Crippen LogP) is 0.582. The smallest absolute Gasteiger partial charge is 0.266 e. The monoisotopic (exact) mass is 283 g/mol. The Morgan fingerprint density at radius 1 is 1.20 bits per heavy atom. The first-order valence-corrected chi connectivity index (χ1v) is 9.57. The maximum Gasteiger partial charge on any atom is 0.266 e. The second-order valence-corrected chi connectivity index (χ2v) is 6.81. The van der Waals surface area contributed by atoms with Gasteiger partial charge < -0.3 is 0 Å². The average molecular weight is 284 g/mol. The lowest BCUT2D eigenvalue weighted by Gasteiger charge is -1.91. The number of sulfonamides is 1. The third-order valence-electron chi connectivity index (χ3n) is 1.65. The lowest BCUT2D eigenvalue weighted by Crippen LogP contribution is -2.20. The Bertz CT molecular complexity index is 477. The Labute approximate surface area is 98.9 Å². The van der Waals surface area contributed by atoms with Gasteiger partial charge >= 0.3 is 0 Å². The molecule has 0 aromatic heterocycles. The van der Waals surface area contributed by atoms with Crippen LogP contribution >= 0.6 is 22.2 Å². The van der Waals surface area contributed by atoms with Gasteiger partial charge in [-0.2, -0.15) is 22.2 Å². The highest BCUT2D eigenvalue weighted by molar-refractivity contribution is 7.90. The quantitative estimate of drug-likeness (QED) is 0.560. The molecule has 1 amide bonds. The molecule has 8 heteroatoms. The molecule has 0 unspecified atom stereocenters. The maximum atomic E-state index is 11.1. The van der Waals surface area contributed by atoms with Gasteiger partial charge in [-0.15, -0.1) is 0 Å². The summed E-state index contributed by atoms with van der Waals surface area (Å²) in [7, 11) is -4.19. The van der Waals surface area contributed by atoms with E-state index in [4.69, 9.17) is 22.2 Å². The maximum absolute atomic E-state index is 11.1. The van der Waals surface area contributed by atoms with E-state index < -0.39 is 24.1 Å². The summed E-state index contributed by atoms with van der Waals surface area (Å²) < 4.78 is 24.2. The minimum absolute atomic E-state index is 0.0648. The summed E-state index contributed by atoms with van der Waals surface area (Å²) in [6.07, 6.45) is 0. The lowest BCUT2D eigenvalue weighted by molar-refractivity contribution is 0.0985. The van der Waals surface area contributed by atoms with Crippen LogP contribution in [0.1, 0.15) is 10.4 Å². The van der Waals surface area contributed by atoms with Gasteiger partial charge in [-0.3, -0.25) is 4.79 Å². The summed E-state index contributed by atoms with van der Waals surface area (Å²) in [6, 6.07) is 6.09. The number of carbonyl (C=O) groups excluding carboxylic acids is 1. The van der Waals surface area contributed by atoms with Crippen molar-refractivity contribution >= 4 is 46.2 Å². The molecule has 0 atom stereocenters. The number of benzene rings is 1. The molecule has 1 aliphatic rings. The molecular formula is C7H7Cl2NO3SSi. The van der Waals surface area contributed by atoms with Crippen molar-refractivity contribution in [3.05, 3.63) is 29.8 Å². The average Bonchev–Trinajstić information content (AvgIpc) is 2.40. The van der Waals surface area contributed by atoms with E-state index in [9.17, 15) is 13.2 Å². The molecule has 0 spiro atoms. The molecule has 0 fully saturated rings. The molecule has 1 heterocycles. The van der Waals surface area contributed by atoms with Crippen molar-refractivity contribution in [3.8, 4) is 0 Å². The van der Waals surface area contributed by atoms with Crippen molar-refractivity contribution in [2.75, 3.05) is 0 Å². The van der Waals surface area contributed by atoms with Crippen molar-refractivity contribution in [1.82, 2.24) is 4.72 Å². The van der Waals surface area contributed by atoms with E-state index in [1.54, 1.807) is 12.1 Å². The summed E-state index contributed by atoms with van der Waals surface area (Å²) >= 11 is 9.81. The number of carbonyl (C=O) groups is 1. The van der Waals surface area contributed by atoms with E-state index in [0.29, 0.717) is 0 Å². The number of hydrogen-bond acceptors (Lipinski definition) is 3. The third-order valence-corrected chi connectivity index (χ3v) is 3.04. The van der Waals surface area contributed by atoms with Gasteiger partial charge in [0.25, 0.3) is 15.9 Å². The van der Waals surface area contributed by atoms with Crippen LogP contribution in [0.4, 0.5) is 0 Å². The molecule has 1 N–H and O–H groups in total. The van der Waals surface area contributed by atoms with Crippen molar-refractivity contribution in [1.29, 1.82) is 0 Å². The SMILES string of the molecule is Cl[SiH2]Cl.O=C1NS(=O)(=O)c2ccccc21. The second kappa shape index (κ2) is 4.98. The van der Waals surface area contributed by atoms with E-state index >= 15 is 0 Å². The fourth-order valence-corrected chi connectivity index (χ4v) is 2.29. The molecule has 82 valence electrons. The van der Waals surface area contributed by atoms with Crippen LogP contribution < -0.4 is 4.72 Å². The first-order chi connectivity index (χ1) is 7.03. The van der Waals surface area contributed by atoms with Gasteiger partial charge in [0.1, 0.15) is 4.90 Å². The normalized spacial score (nSPS) is 16.0. The van der Waals surface area contributed by atoms with E-state index in [1.165, 1.54) is 12.1 Å². The summed E-state index contributed by atoms with van der Waals surface area (Å²) in [6.45, 7) is 0. The highest BCUT2D eigenvalue weighted by Crippen LogP contribution is 2.20. The summed E-state index contributed by atoms with van der Waals surface area (Å²) in [5.41, 5.74) is 0.220. The van der Waals surface area contributed by atoms with Crippen LogP contribution in [0, 0.1) is 0 Å². The first kappa shape index (κ1) is 12.5. The van der Waals surface area contributed by atoms with Crippen LogP contribution in [0.3, 0.4) is 0 Å². The molecule has 0 saturated carbocycles. The summed E-state index contributed by atoms with van der Waals surface area (Å²) in [5, 5.41) is 0. The van der Waals surface area contributed by atoms with Crippen molar-refractivity contribution < 1.29 is 13.2 Å². The zero-order valence-electron chi connectivity index (χ0n) is 7.41. The fourth-order valence-electron chi connectivity index (χ4n) is 1.12. The molecule has 1 aromatic carbocycles. The third kappa shape index (κ3) is 2.72. The molecule has 4 nitrogen and oxygen atoms in total. The standard InChI is InChI=1S/C7H5NO3S.Cl2H2Si/c9-7-5-3-1-2-4-6(5)12(10,11)8-7;1-3-2/h1-4H,(H,8,9);3H2. The van der Waals surface area contributed by atoms with Crippen LogP contribution in [0.5, 0.6) is 0 Å². The van der Waals surface area contributed by atoms with Crippen LogP contribution in [-0.2, 0) is 10.0 Å². The van der Waals surface area contributed by atoms with Crippen molar-refractivity contribution in [2.45, 2.75) is 4.90 Å². The molecular weight excluding hydrogens is 277 g/mol. The molecule has 15 heavy (non-hydrogen) atoms. The van der Waals surface area contributed by atoms with E-state index in [-0.39, 0.29) is 10.5 Å². The Morgan fingerprint density at radius 3 is 2.27 bits per heavy atom. The van der Waals surface area contributed by atoms with Crippen LogP contribution in [0.2, 0.25) is 0 Å². The number of halogens is 2. The zero-order valence-corrected chi connectivity index (χ0v) is 11.1.